The molecule has 3 rings (SSSR count). The Labute approximate surface area is 148 Å². The molecule has 1 heterocycles. The van der Waals surface area contributed by atoms with Crippen LogP contribution in [-0.2, 0) is 4.74 Å². The van der Waals surface area contributed by atoms with Gasteiger partial charge in [0.2, 0.25) is 0 Å². The van der Waals surface area contributed by atoms with Gasteiger partial charge in [-0.25, -0.2) is 0 Å². The van der Waals surface area contributed by atoms with Crippen molar-refractivity contribution in [3.8, 4) is 5.75 Å². The first-order valence-corrected chi connectivity index (χ1v) is 8.53. The van der Waals surface area contributed by atoms with Crippen LogP contribution in [0.15, 0.2) is 48.5 Å². The van der Waals surface area contributed by atoms with E-state index in [4.69, 9.17) is 9.47 Å². The van der Waals surface area contributed by atoms with E-state index in [2.05, 4.69) is 10.2 Å². The third-order valence-corrected chi connectivity index (χ3v) is 4.55. The lowest BCUT2D eigenvalue weighted by Gasteiger charge is -2.33. The lowest BCUT2D eigenvalue weighted by Crippen LogP contribution is -2.39. The van der Waals surface area contributed by atoms with Crippen LogP contribution in [0.3, 0.4) is 0 Å². The maximum absolute atomic E-state index is 12.3. The zero-order valence-corrected chi connectivity index (χ0v) is 14.7. The molecule has 1 aliphatic rings. The van der Waals surface area contributed by atoms with Gasteiger partial charge in [0.15, 0.2) is 0 Å². The molecule has 0 spiro atoms. The van der Waals surface area contributed by atoms with E-state index in [9.17, 15) is 4.79 Å². The summed E-state index contributed by atoms with van der Waals surface area (Å²) in [5, 5.41) is 2.92. The summed E-state index contributed by atoms with van der Waals surface area (Å²) < 4.78 is 10.6. The Morgan fingerprint density at radius 1 is 1.08 bits per heavy atom. The molecule has 25 heavy (non-hydrogen) atoms. The minimum absolute atomic E-state index is 0.132. The highest BCUT2D eigenvalue weighted by Gasteiger charge is 2.19. The Morgan fingerprint density at radius 2 is 1.80 bits per heavy atom. The average molecular weight is 340 g/mol. The topological polar surface area (TPSA) is 50.8 Å². The number of methoxy groups -OCH3 is 2. The van der Waals surface area contributed by atoms with Crippen molar-refractivity contribution in [3.63, 3.8) is 0 Å². The number of benzene rings is 2. The van der Waals surface area contributed by atoms with E-state index in [-0.39, 0.29) is 5.91 Å². The van der Waals surface area contributed by atoms with E-state index in [0.29, 0.717) is 11.7 Å². The smallest absolute Gasteiger partial charge is 0.255 e. The summed E-state index contributed by atoms with van der Waals surface area (Å²) in [7, 11) is 3.37. The number of piperidine rings is 1. The zero-order valence-electron chi connectivity index (χ0n) is 14.7. The second-order valence-corrected chi connectivity index (χ2v) is 6.18. The second-order valence-electron chi connectivity index (χ2n) is 6.18. The second kappa shape index (κ2) is 8.03. The van der Waals surface area contributed by atoms with Gasteiger partial charge in [-0.3, -0.25) is 4.79 Å². The summed E-state index contributed by atoms with van der Waals surface area (Å²) in [6.07, 6.45) is 2.54. The number of carbonyl (C=O) groups excluding carboxylic acids is 1. The summed E-state index contributed by atoms with van der Waals surface area (Å²) in [5.74, 6) is 0.602. The van der Waals surface area contributed by atoms with Crippen LogP contribution in [0.2, 0.25) is 0 Å². The Balaban J connectivity index is 1.62. The number of hydrogen-bond acceptors (Lipinski definition) is 4. The maximum atomic E-state index is 12.3. The van der Waals surface area contributed by atoms with Gasteiger partial charge in [0, 0.05) is 37.1 Å². The van der Waals surface area contributed by atoms with E-state index in [1.165, 1.54) is 0 Å². The minimum Gasteiger partial charge on any atom is -0.497 e. The van der Waals surface area contributed by atoms with Crippen molar-refractivity contribution >= 4 is 17.3 Å². The molecule has 1 amide bonds. The van der Waals surface area contributed by atoms with Crippen LogP contribution in [0.25, 0.3) is 0 Å². The molecule has 1 saturated heterocycles. The maximum Gasteiger partial charge on any atom is 0.255 e. The third kappa shape index (κ3) is 4.31. The normalized spacial score (nSPS) is 17.2. The minimum atomic E-state index is -0.132. The molecule has 2 aromatic carbocycles. The van der Waals surface area contributed by atoms with Gasteiger partial charge in [-0.05, 0) is 61.4 Å². The Morgan fingerprint density at radius 3 is 2.44 bits per heavy atom. The van der Waals surface area contributed by atoms with E-state index in [1.807, 2.05) is 24.3 Å². The van der Waals surface area contributed by atoms with E-state index < -0.39 is 0 Å². The average Bonchev–Trinajstić information content (AvgIpc) is 2.68. The molecular formula is C20H24N2O3. The van der Waals surface area contributed by atoms with Crippen LogP contribution < -0.4 is 15.0 Å². The van der Waals surface area contributed by atoms with Crippen molar-refractivity contribution in [2.45, 2.75) is 18.9 Å². The van der Waals surface area contributed by atoms with Gasteiger partial charge >= 0.3 is 0 Å². The SMILES string of the molecule is COc1ccc(C(=O)Nc2ccc(N3CCCC(OC)C3)cc2)cc1. The first-order chi connectivity index (χ1) is 12.2. The summed E-state index contributed by atoms with van der Waals surface area (Å²) >= 11 is 0. The highest BCUT2D eigenvalue weighted by atomic mass is 16.5. The first-order valence-electron chi connectivity index (χ1n) is 8.53. The van der Waals surface area contributed by atoms with Crippen LogP contribution >= 0.6 is 0 Å². The number of nitrogens with one attached hydrogen (secondary N) is 1. The Hall–Kier alpha value is -2.53. The van der Waals surface area contributed by atoms with Gasteiger partial charge in [0.05, 0.1) is 13.2 Å². The molecule has 1 atom stereocenters. The fourth-order valence-electron chi connectivity index (χ4n) is 3.07. The van der Waals surface area contributed by atoms with Crippen LogP contribution in [-0.4, -0.2) is 39.3 Å². The van der Waals surface area contributed by atoms with E-state index in [0.717, 1.165) is 43.1 Å². The lowest BCUT2D eigenvalue weighted by atomic mass is 10.1. The molecular weight excluding hydrogens is 316 g/mol. The number of rotatable bonds is 5. The molecule has 2 aromatic rings. The van der Waals surface area contributed by atoms with Crippen molar-refractivity contribution < 1.29 is 14.3 Å². The van der Waals surface area contributed by atoms with Crippen LogP contribution in [0.5, 0.6) is 5.75 Å². The van der Waals surface area contributed by atoms with Crippen LogP contribution in [0.4, 0.5) is 11.4 Å². The molecule has 0 saturated carbocycles. The largest absolute Gasteiger partial charge is 0.497 e. The quantitative estimate of drug-likeness (QED) is 0.904. The van der Waals surface area contributed by atoms with Gasteiger partial charge in [0.1, 0.15) is 5.75 Å². The summed E-state index contributed by atoms with van der Waals surface area (Å²) in [4.78, 5) is 14.6. The van der Waals surface area contributed by atoms with Crippen molar-refractivity contribution in [2.24, 2.45) is 0 Å². The molecule has 5 heteroatoms. The van der Waals surface area contributed by atoms with Gasteiger partial charge in [-0.2, -0.15) is 0 Å². The number of anilines is 2. The monoisotopic (exact) mass is 340 g/mol. The van der Waals surface area contributed by atoms with Crippen molar-refractivity contribution in [3.05, 3.63) is 54.1 Å². The highest BCUT2D eigenvalue weighted by Crippen LogP contribution is 2.23. The molecule has 1 unspecified atom stereocenters. The van der Waals surface area contributed by atoms with Crippen molar-refractivity contribution in [1.29, 1.82) is 0 Å². The zero-order chi connectivity index (χ0) is 17.6. The van der Waals surface area contributed by atoms with Gasteiger partial charge in [-0.15, -0.1) is 0 Å². The molecule has 1 N–H and O–H groups in total. The molecule has 0 radical (unpaired) electrons. The number of ether oxygens (including phenoxy) is 2. The molecule has 5 nitrogen and oxygen atoms in total. The predicted molar refractivity (Wildman–Crippen MR) is 99.6 cm³/mol. The first kappa shape index (κ1) is 17.3. The molecule has 132 valence electrons. The van der Waals surface area contributed by atoms with Crippen LogP contribution in [0, 0.1) is 0 Å². The fraction of sp³-hybridized carbons (Fsp3) is 0.350. The van der Waals surface area contributed by atoms with Crippen molar-refractivity contribution in [1.82, 2.24) is 0 Å². The predicted octanol–water partition coefficient (Wildman–Crippen LogP) is 3.56. The third-order valence-electron chi connectivity index (χ3n) is 4.55. The summed E-state index contributed by atoms with van der Waals surface area (Å²) in [6.45, 7) is 1.95. The van der Waals surface area contributed by atoms with E-state index >= 15 is 0 Å². The Kier molecular flexibility index (Phi) is 5.56. The molecule has 0 aliphatic carbocycles. The standard InChI is InChI=1S/C20H24N2O3/c1-24-18-11-5-15(6-12-18)20(23)21-16-7-9-17(10-8-16)22-13-3-4-19(14-22)25-2/h5-12,19H,3-4,13-14H2,1-2H3,(H,21,23). The van der Waals surface area contributed by atoms with Gasteiger partial charge < -0.3 is 19.7 Å². The molecule has 0 aromatic heterocycles. The van der Waals surface area contributed by atoms with Gasteiger partial charge in [-0.1, -0.05) is 0 Å². The molecule has 1 aliphatic heterocycles. The number of amides is 1. The van der Waals surface area contributed by atoms with Gasteiger partial charge in [0.25, 0.3) is 5.91 Å². The molecule has 1 fully saturated rings. The highest BCUT2D eigenvalue weighted by molar-refractivity contribution is 6.04. The van der Waals surface area contributed by atoms with Crippen LogP contribution in [0.1, 0.15) is 23.2 Å². The summed E-state index contributed by atoms with van der Waals surface area (Å²) in [5.41, 5.74) is 2.54. The Bertz CT molecular complexity index is 698. The van der Waals surface area contributed by atoms with E-state index in [1.54, 1.807) is 38.5 Å². The fourth-order valence-corrected chi connectivity index (χ4v) is 3.07. The number of nitrogens with zero attached hydrogens (tertiary/aromatic N) is 1. The number of hydrogen-bond donors (Lipinski definition) is 1. The molecule has 0 bridgehead atoms. The summed E-state index contributed by atoms with van der Waals surface area (Å²) in [6, 6.07) is 15.0. The van der Waals surface area contributed by atoms with Crippen molar-refractivity contribution in [2.75, 3.05) is 37.5 Å². The number of carbonyl (C=O) groups is 1. The lowest BCUT2D eigenvalue weighted by molar-refractivity contribution is 0.0893.